The van der Waals surface area contributed by atoms with Crippen molar-refractivity contribution in [3.63, 3.8) is 0 Å². The highest BCUT2D eigenvalue weighted by Gasteiger charge is 2.55. The second kappa shape index (κ2) is 4.49. The molecule has 0 radical (unpaired) electrons. The second-order valence-corrected chi connectivity index (χ2v) is 5.26. The van der Waals surface area contributed by atoms with E-state index in [-0.39, 0.29) is 5.60 Å². The monoisotopic (exact) mass is 214 g/mol. The summed E-state index contributed by atoms with van der Waals surface area (Å²) in [4.78, 5) is 9.60. The van der Waals surface area contributed by atoms with E-state index in [2.05, 4.69) is 22.4 Å². The van der Waals surface area contributed by atoms with Gasteiger partial charge in [-0.1, -0.05) is 0 Å². The summed E-state index contributed by atoms with van der Waals surface area (Å²) in [5.41, 5.74) is 0.224. The van der Waals surface area contributed by atoms with Gasteiger partial charge in [0.2, 0.25) is 0 Å². The number of carbonyl (C=O) groups is 1. The molecule has 2 aliphatic rings. The minimum atomic E-state index is -0.318. The first kappa shape index (κ1) is 12.5. The largest absolute Gasteiger partial charge is 0.462 e. The van der Waals surface area contributed by atoms with Gasteiger partial charge in [-0.15, -0.1) is 0 Å². The van der Waals surface area contributed by atoms with Gasteiger partial charge in [0.15, 0.2) is 0 Å². The topological polar surface area (TPSA) is 50.4 Å². The molecule has 88 valence electrons. The van der Waals surface area contributed by atoms with Gasteiger partial charge in [0.1, 0.15) is 5.60 Å². The van der Waals surface area contributed by atoms with Gasteiger partial charge >= 0.3 is 0 Å². The molecule has 1 heterocycles. The van der Waals surface area contributed by atoms with Crippen molar-refractivity contribution in [2.24, 2.45) is 5.92 Å². The Bertz CT molecular complexity index is 221. The molecule has 2 N–H and O–H groups in total. The van der Waals surface area contributed by atoms with E-state index in [1.807, 2.05) is 20.8 Å². The molecule has 1 aliphatic heterocycles. The zero-order chi connectivity index (χ0) is 11.5. The number of likely N-dealkylation sites (N-methyl/N-ethyl adjacent to an activating group) is 1. The minimum absolute atomic E-state index is 0.318. The van der Waals surface area contributed by atoms with Crippen LogP contribution in [0.4, 0.5) is 0 Å². The lowest BCUT2D eigenvalue weighted by atomic mass is 10.2. The van der Waals surface area contributed by atoms with Crippen molar-refractivity contribution in [1.29, 1.82) is 0 Å². The molecule has 15 heavy (non-hydrogen) atoms. The van der Waals surface area contributed by atoms with Crippen LogP contribution in [0.15, 0.2) is 0 Å². The first-order chi connectivity index (χ1) is 6.93. The summed E-state index contributed by atoms with van der Waals surface area (Å²) < 4.78 is 4.55. The summed E-state index contributed by atoms with van der Waals surface area (Å²) in [6.45, 7) is 8.35. The Hall–Kier alpha value is -0.610. The van der Waals surface area contributed by atoms with Gasteiger partial charge in [-0.2, -0.15) is 0 Å². The first-order valence-corrected chi connectivity index (χ1v) is 5.44. The van der Waals surface area contributed by atoms with Crippen LogP contribution < -0.4 is 10.6 Å². The first-order valence-electron chi connectivity index (χ1n) is 5.44. The fraction of sp³-hybridized carbons (Fsp3) is 0.909. The third-order valence-electron chi connectivity index (χ3n) is 2.96. The van der Waals surface area contributed by atoms with Crippen molar-refractivity contribution >= 4 is 6.47 Å². The van der Waals surface area contributed by atoms with Crippen molar-refractivity contribution in [2.75, 3.05) is 20.1 Å². The molecule has 0 aromatic heterocycles. The summed E-state index contributed by atoms with van der Waals surface area (Å²) in [5, 5.41) is 6.70. The van der Waals surface area contributed by atoms with Crippen molar-refractivity contribution in [3.8, 4) is 0 Å². The van der Waals surface area contributed by atoms with E-state index < -0.39 is 0 Å². The van der Waals surface area contributed by atoms with Gasteiger partial charge in [-0.05, 0) is 46.7 Å². The number of fused-ring (bicyclic) bond motifs is 1. The third kappa shape index (κ3) is 3.47. The number of piperidine rings is 1. The lowest BCUT2D eigenvalue weighted by Gasteiger charge is -2.14. The lowest BCUT2D eigenvalue weighted by Crippen LogP contribution is -2.33. The summed E-state index contributed by atoms with van der Waals surface area (Å²) in [6, 6.07) is 0. The molecule has 0 amide bonds. The number of hydrogen-bond acceptors (Lipinski definition) is 4. The second-order valence-electron chi connectivity index (χ2n) is 5.26. The third-order valence-corrected chi connectivity index (χ3v) is 2.96. The van der Waals surface area contributed by atoms with Crippen molar-refractivity contribution in [3.05, 3.63) is 0 Å². The molecule has 2 atom stereocenters. The molecular formula is C11H22N2O2. The number of rotatable bonds is 2. The Morgan fingerprint density at radius 1 is 1.53 bits per heavy atom. The Morgan fingerprint density at radius 2 is 2.20 bits per heavy atom. The summed E-state index contributed by atoms with van der Waals surface area (Å²) in [6.07, 6.45) is 1.40. The highest BCUT2D eigenvalue weighted by atomic mass is 16.5. The van der Waals surface area contributed by atoms with Crippen LogP contribution in [0.1, 0.15) is 27.2 Å². The Kier molecular flexibility index (Phi) is 3.73. The number of ether oxygens (including phenoxy) is 1. The molecule has 1 saturated carbocycles. The molecule has 0 spiro atoms. The zero-order valence-electron chi connectivity index (χ0n) is 10.1. The van der Waals surface area contributed by atoms with E-state index in [4.69, 9.17) is 0 Å². The van der Waals surface area contributed by atoms with E-state index >= 15 is 0 Å². The Labute approximate surface area is 91.8 Å². The lowest BCUT2D eigenvalue weighted by molar-refractivity contribution is -0.138. The summed E-state index contributed by atoms with van der Waals surface area (Å²) in [5.74, 6) is 0.951. The summed E-state index contributed by atoms with van der Waals surface area (Å²) in [7, 11) is 2.06. The van der Waals surface area contributed by atoms with Crippen molar-refractivity contribution < 1.29 is 9.53 Å². The molecule has 0 bridgehead atoms. The minimum Gasteiger partial charge on any atom is -0.462 e. The maximum absolute atomic E-state index is 9.60. The molecule has 4 nitrogen and oxygen atoms in total. The van der Waals surface area contributed by atoms with Crippen LogP contribution in [0.25, 0.3) is 0 Å². The van der Waals surface area contributed by atoms with Crippen LogP contribution >= 0.6 is 0 Å². The average Bonchev–Trinajstić information content (AvgIpc) is 2.69. The molecule has 4 heteroatoms. The van der Waals surface area contributed by atoms with E-state index in [1.165, 1.54) is 19.5 Å². The maximum Gasteiger partial charge on any atom is 0.293 e. The average molecular weight is 214 g/mol. The fourth-order valence-electron chi connectivity index (χ4n) is 1.87. The van der Waals surface area contributed by atoms with E-state index in [0.717, 1.165) is 5.92 Å². The van der Waals surface area contributed by atoms with Crippen LogP contribution in [0.5, 0.6) is 0 Å². The van der Waals surface area contributed by atoms with Crippen molar-refractivity contribution in [2.45, 2.75) is 38.3 Å². The van der Waals surface area contributed by atoms with E-state index in [1.54, 1.807) is 0 Å². The highest BCUT2D eigenvalue weighted by Crippen LogP contribution is 2.45. The molecule has 1 saturated heterocycles. The normalized spacial score (nSPS) is 32.4. The molecule has 2 rings (SSSR count). The zero-order valence-corrected chi connectivity index (χ0v) is 10.1. The predicted molar refractivity (Wildman–Crippen MR) is 59.7 cm³/mol. The van der Waals surface area contributed by atoms with Crippen LogP contribution in [-0.2, 0) is 9.53 Å². The van der Waals surface area contributed by atoms with Crippen molar-refractivity contribution in [1.82, 2.24) is 10.6 Å². The molecule has 2 unspecified atom stereocenters. The Morgan fingerprint density at radius 3 is 2.33 bits per heavy atom. The van der Waals surface area contributed by atoms with E-state index in [9.17, 15) is 4.79 Å². The maximum atomic E-state index is 9.60. The van der Waals surface area contributed by atoms with Gasteiger partial charge in [0.25, 0.3) is 6.47 Å². The SMILES string of the molecule is CC(C)(C)OC=O.CNC12CNCC1C2. The van der Waals surface area contributed by atoms with Gasteiger partial charge in [0, 0.05) is 12.1 Å². The fourth-order valence-corrected chi connectivity index (χ4v) is 1.87. The van der Waals surface area contributed by atoms with Crippen LogP contribution in [0.2, 0.25) is 0 Å². The van der Waals surface area contributed by atoms with Crippen LogP contribution in [0, 0.1) is 5.92 Å². The Balaban J connectivity index is 0.000000153. The smallest absolute Gasteiger partial charge is 0.293 e. The predicted octanol–water partition coefficient (Wildman–Crippen LogP) is 0.526. The van der Waals surface area contributed by atoms with E-state index in [0.29, 0.717) is 12.0 Å². The van der Waals surface area contributed by atoms with Crippen LogP contribution in [0.3, 0.4) is 0 Å². The quantitative estimate of drug-likeness (QED) is 0.658. The molecule has 2 fully saturated rings. The number of hydrogen-bond donors (Lipinski definition) is 2. The van der Waals surface area contributed by atoms with Gasteiger partial charge in [-0.25, -0.2) is 0 Å². The molecular weight excluding hydrogens is 192 g/mol. The number of nitrogens with one attached hydrogen (secondary N) is 2. The number of carbonyl (C=O) groups excluding carboxylic acids is 1. The highest BCUT2D eigenvalue weighted by molar-refractivity contribution is 5.37. The molecule has 0 aromatic carbocycles. The molecule has 0 aromatic rings. The molecule has 1 aliphatic carbocycles. The summed E-state index contributed by atoms with van der Waals surface area (Å²) >= 11 is 0. The standard InChI is InChI=1S/C6H12N2.C5H10O2/c1-7-6-2-5(6)3-8-4-6;1-5(2,3)7-4-6/h5,7-8H,2-4H2,1H3;4H,1-3H3. The van der Waals surface area contributed by atoms with Gasteiger partial charge in [-0.3, -0.25) is 4.79 Å². The van der Waals surface area contributed by atoms with Crippen LogP contribution in [-0.4, -0.2) is 37.7 Å². The van der Waals surface area contributed by atoms with Gasteiger partial charge < -0.3 is 15.4 Å². The van der Waals surface area contributed by atoms with Gasteiger partial charge in [0.05, 0.1) is 0 Å².